The molecule has 0 radical (unpaired) electrons. The van der Waals surface area contributed by atoms with Crippen molar-refractivity contribution < 1.29 is 9.59 Å². The van der Waals surface area contributed by atoms with Gasteiger partial charge in [-0.05, 0) is 13.0 Å². The summed E-state index contributed by atoms with van der Waals surface area (Å²) >= 11 is 0. The molecule has 0 aliphatic carbocycles. The average Bonchev–Trinajstić information content (AvgIpc) is 2.41. The van der Waals surface area contributed by atoms with Crippen LogP contribution in [0.4, 0.5) is 0 Å². The van der Waals surface area contributed by atoms with Crippen LogP contribution in [0.5, 0.6) is 0 Å². The van der Waals surface area contributed by atoms with Crippen LogP contribution in [0, 0.1) is 11.3 Å². The maximum atomic E-state index is 11.4. The van der Waals surface area contributed by atoms with Gasteiger partial charge in [-0.25, -0.2) is 0 Å². The molecule has 1 atom stereocenters. The van der Waals surface area contributed by atoms with Gasteiger partial charge in [0.1, 0.15) is 0 Å². The lowest BCUT2D eigenvalue weighted by molar-refractivity contribution is -0.137. The minimum atomic E-state index is -0.383. The van der Waals surface area contributed by atoms with Gasteiger partial charge in [-0.1, -0.05) is 0 Å². The third kappa shape index (κ3) is 2.30. The Hall–Kier alpha value is -1.41. The van der Waals surface area contributed by atoms with Gasteiger partial charge in [0.15, 0.2) is 0 Å². The fourth-order valence-corrected chi connectivity index (χ4v) is 1.36. The van der Waals surface area contributed by atoms with E-state index >= 15 is 0 Å². The van der Waals surface area contributed by atoms with Crippen LogP contribution in [0.3, 0.4) is 0 Å². The molecule has 76 valence electrons. The van der Waals surface area contributed by atoms with E-state index in [1.165, 1.54) is 7.05 Å². The van der Waals surface area contributed by atoms with Crippen molar-refractivity contribution in [3.8, 4) is 6.07 Å². The topological polar surface area (TPSA) is 73.2 Å². The number of carbonyl (C=O) groups is 2. The Morgan fingerprint density at radius 3 is 2.86 bits per heavy atom. The van der Waals surface area contributed by atoms with Crippen LogP contribution in [0.2, 0.25) is 0 Å². The van der Waals surface area contributed by atoms with Crippen LogP contribution in [0.15, 0.2) is 0 Å². The first-order chi connectivity index (χ1) is 6.66. The number of nitriles is 1. The molecule has 1 N–H and O–H groups in total. The van der Waals surface area contributed by atoms with Crippen LogP contribution in [0.25, 0.3) is 0 Å². The summed E-state index contributed by atoms with van der Waals surface area (Å²) < 4.78 is 0. The first-order valence-corrected chi connectivity index (χ1v) is 4.57. The van der Waals surface area contributed by atoms with Crippen LogP contribution in [0.1, 0.15) is 19.3 Å². The van der Waals surface area contributed by atoms with Crippen LogP contribution in [-0.2, 0) is 9.59 Å². The Labute approximate surface area is 82.7 Å². The van der Waals surface area contributed by atoms with E-state index in [1.54, 1.807) is 0 Å². The van der Waals surface area contributed by atoms with Gasteiger partial charge < -0.3 is 5.32 Å². The Kier molecular flexibility index (Phi) is 3.60. The first-order valence-electron chi connectivity index (χ1n) is 4.57. The Bertz CT molecular complexity index is 282. The molecule has 0 spiro atoms. The molecule has 1 aliphatic rings. The maximum absolute atomic E-state index is 11.4. The number of nitrogens with zero attached hydrogens (tertiary/aromatic N) is 2. The van der Waals surface area contributed by atoms with Gasteiger partial charge in [0.2, 0.25) is 11.8 Å². The highest BCUT2D eigenvalue weighted by atomic mass is 16.2. The summed E-state index contributed by atoms with van der Waals surface area (Å²) in [6.45, 7) is 0.602. The molecular formula is C9H13N3O2. The molecule has 0 aromatic heterocycles. The third-order valence-corrected chi connectivity index (χ3v) is 2.24. The normalized spacial score (nSPS) is 21.4. The first kappa shape index (κ1) is 10.7. The van der Waals surface area contributed by atoms with Crippen molar-refractivity contribution >= 4 is 11.8 Å². The van der Waals surface area contributed by atoms with E-state index in [0.29, 0.717) is 19.4 Å². The average molecular weight is 195 g/mol. The molecule has 14 heavy (non-hydrogen) atoms. The zero-order valence-electron chi connectivity index (χ0n) is 8.12. The summed E-state index contributed by atoms with van der Waals surface area (Å²) in [7, 11) is 1.49. The number of likely N-dealkylation sites (N-methyl/N-ethyl adjacent to an activating group) is 1. The second-order valence-electron chi connectivity index (χ2n) is 3.26. The Morgan fingerprint density at radius 1 is 1.64 bits per heavy atom. The van der Waals surface area contributed by atoms with Gasteiger partial charge in [-0.3, -0.25) is 14.5 Å². The molecule has 1 aliphatic heterocycles. The van der Waals surface area contributed by atoms with Gasteiger partial charge in [0.25, 0.3) is 0 Å². The van der Waals surface area contributed by atoms with Gasteiger partial charge in [0, 0.05) is 13.5 Å². The van der Waals surface area contributed by atoms with E-state index in [2.05, 4.69) is 5.32 Å². The smallest absolute Gasteiger partial charge is 0.246 e. The fourth-order valence-electron chi connectivity index (χ4n) is 1.36. The molecule has 1 unspecified atom stereocenters. The van der Waals surface area contributed by atoms with Gasteiger partial charge in [-0.15, -0.1) is 0 Å². The molecule has 1 heterocycles. The predicted octanol–water partition coefficient (Wildman–Crippen LogP) is -0.363. The second-order valence-corrected chi connectivity index (χ2v) is 3.26. The van der Waals surface area contributed by atoms with Crippen LogP contribution >= 0.6 is 0 Å². The monoisotopic (exact) mass is 195 g/mol. The highest BCUT2D eigenvalue weighted by Gasteiger charge is 2.35. The summed E-state index contributed by atoms with van der Waals surface area (Å²) in [4.78, 5) is 23.6. The lowest BCUT2D eigenvalue weighted by Crippen LogP contribution is -2.37. The molecule has 1 fully saturated rings. The summed E-state index contributed by atoms with van der Waals surface area (Å²) in [5, 5.41) is 11.3. The van der Waals surface area contributed by atoms with E-state index in [0.717, 1.165) is 4.90 Å². The summed E-state index contributed by atoms with van der Waals surface area (Å²) in [6.07, 6.45) is 1.41. The van der Waals surface area contributed by atoms with Crippen molar-refractivity contribution in [2.45, 2.75) is 25.3 Å². The van der Waals surface area contributed by atoms with Gasteiger partial charge in [-0.2, -0.15) is 5.26 Å². The number of amides is 2. The molecular weight excluding hydrogens is 182 g/mol. The largest absolute Gasteiger partial charge is 0.305 e. The molecule has 1 saturated heterocycles. The van der Waals surface area contributed by atoms with Gasteiger partial charge in [0.05, 0.1) is 18.5 Å². The van der Waals surface area contributed by atoms with E-state index < -0.39 is 0 Å². The summed E-state index contributed by atoms with van der Waals surface area (Å²) in [6, 6.07) is 1.64. The van der Waals surface area contributed by atoms with Crippen molar-refractivity contribution in [3.05, 3.63) is 0 Å². The van der Waals surface area contributed by atoms with E-state index in [1.807, 2.05) is 6.07 Å². The Balaban J connectivity index is 2.30. The number of nitrogens with one attached hydrogen (secondary N) is 1. The number of imide groups is 1. The number of carbonyl (C=O) groups excluding carboxylic acids is 2. The predicted molar refractivity (Wildman–Crippen MR) is 49.0 cm³/mol. The quantitative estimate of drug-likeness (QED) is 0.491. The minimum Gasteiger partial charge on any atom is -0.305 e. The molecule has 0 saturated carbocycles. The molecule has 5 heteroatoms. The molecule has 0 aromatic rings. The van der Waals surface area contributed by atoms with Crippen molar-refractivity contribution in [1.82, 2.24) is 10.2 Å². The zero-order chi connectivity index (χ0) is 10.6. The molecule has 0 aromatic carbocycles. The van der Waals surface area contributed by atoms with E-state index in [9.17, 15) is 9.59 Å². The molecule has 5 nitrogen and oxygen atoms in total. The van der Waals surface area contributed by atoms with Crippen molar-refractivity contribution in [3.63, 3.8) is 0 Å². The Morgan fingerprint density at radius 2 is 2.36 bits per heavy atom. The zero-order valence-corrected chi connectivity index (χ0v) is 8.12. The minimum absolute atomic E-state index is 0.146. The fraction of sp³-hybridized carbons (Fsp3) is 0.667. The second kappa shape index (κ2) is 4.72. The van der Waals surface area contributed by atoms with Crippen molar-refractivity contribution in [2.75, 3.05) is 13.6 Å². The molecule has 1 rings (SSSR count). The highest BCUT2D eigenvalue weighted by Crippen LogP contribution is 2.10. The number of likely N-dealkylation sites (tertiary alicyclic amines) is 1. The number of unbranched alkanes of at least 4 members (excludes halogenated alkanes) is 1. The number of hydrogen-bond donors (Lipinski definition) is 1. The lowest BCUT2D eigenvalue weighted by Gasteiger charge is -2.09. The van der Waals surface area contributed by atoms with Gasteiger partial charge >= 0.3 is 0 Å². The summed E-state index contributed by atoms with van der Waals surface area (Å²) in [5.74, 6) is -0.320. The van der Waals surface area contributed by atoms with E-state index in [-0.39, 0.29) is 24.3 Å². The number of rotatable bonds is 4. The number of hydrogen-bond acceptors (Lipinski definition) is 4. The van der Waals surface area contributed by atoms with Crippen LogP contribution < -0.4 is 5.32 Å². The van der Waals surface area contributed by atoms with Crippen molar-refractivity contribution in [1.29, 1.82) is 5.26 Å². The maximum Gasteiger partial charge on any atom is 0.246 e. The molecule has 2 amide bonds. The standard InChI is InChI=1S/C9H13N3O2/c1-12-8(13)6-7(9(12)14)11-5-3-2-4-10/h7,11H,2-3,5-6H2,1H3. The highest BCUT2D eigenvalue weighted by molar-refractivity contribution is 6.05. The van der Waals surface area contributed by atoms with Crippen LogP contribution in [-0.4, -0.2) is 36.3 Å². The SMILES string of the molecule is CN1C(=O)CC(NCCCC#N)C1=O. The van der Waals surface area contributed by atoms with E-state index in [4.69, 9.17) is 5.26 Å². The molecule has 0 bridgehead atoms. The lowest BCUT2D eigenvalue weighted by atomic mass is 10.2. The van der Waals surface area contributed by atoms with Crippen molar-refractivity contribution in [2.24, 2.45) is 0 Å². The third-order valence-electron chi connectivity index (χ3n) is 2.24. The summed E-state index contributed by atoms with van der Waals surface area (Å²) in [5.41, 5.74) is 0.